The maximum absolute atomic E-state index is 11.0. The first kappa shape index (κ1) is 13.8. The Morgan fingerprint density at radius 3 is 2.47 bits per heavy atom. The summed E-state index contributed by atoms with van der Waals surface area (Å²) in [4.78, 5) is 23.1. The summed E-state index contributed by atoms with van der Waals surface area (Å²) in [5.41, 5.74) is 0. The molecule has 1 heterocycles. The summed E-state index contributed by atoms with van der Waals surface area (Å²) in [5.74, 6) is -1.07. The first-order valence-corrected chi connectivity index (χ1v) is 5.84. The average Bonchev–Trinajstić information content (AvgIpc) is 2.25. The molecule has 0 aromatic heterocycles. The molecule has 0 saturated carbocycles. The predicted octanol–water partition coefficient (Wildman–Crippen LogP) is 0.685. The van der Waals surface area contributed by atoms with Gasteiger partial charge in [0.05, 0.1) is 5.92 Å². The Balaban J connectivity index is 2.58. The Labute approximate surface area is 101 Å². The minimum atomic E-state index is -1.05. The number of likely N-dealkylation sites (tertiary alicyclic amines) is 1. The van der Waals surface area contributed by atoms with Crippen molar-refractivity contribution >= 4 is 12.1 Å². The number of rotatable bonds is 4. The summed E-state index contributed by atoms with van der Waals surface area (Å²) in [6, 6.07) is -0.0663. The molecular formula is C11H20N2O4. The van der Waals surface area contributed by atoms with Gasteiger partial charge in [-0.2, -0.15) is 0 Å². The van der Waals surface area contributed by atoms with Crippen LogP contribution in [0.15, 0.2) is 0 Å². The largest absolute Gasteiger partial charge is 0.481 e. The van der Waals surface area contributed by atoms with E-state index in [4.69, 9.17) is 10.2 Å². The zero-order chi connectivity index (χ0) is 13.0. The summed E-state index contributed by atoms with van der Waals surface area (Å²) in [6.45, 7) is 5.33. The zero-order valence-corrected chi connectivity index (χ0v) is 10.2. The second-order valence-corrected chi connectivity index (χ2v) is 4.96. The van der Waals surface area contributed by atoms with Gasteiger partial charge in [-0.1, -0.05) is 13.8 Å². The molecule has 6 heteroatoms. The van der Waals surface area contributed by atoms with Crippen LogP contribution in [0.25, 0.3) is 0 Å². The van der Waals surface area contributed by atoms with Crippen LogP contribution in [0.1, 0.15) is 20.3 Å². The number of hydrogen-bond acceptors (Lipinski definition) is 3. The van der Waals surface area contributed by atoms with Gasteiger partial charge in [-0.05, 0) is 18.9 Å². The summed E-state index contributed by atoms with van der Waals surface area (Å²) in [7, 11) is 0. The van der Waals surface area contributed by atoms with Crippen molar-refractivity contribution in [3.8, 4) is 0 Å². The van der Waals surface area contributed by atoms with Crippen LogP contribution in [0.4, 0.5) is 4.79 Å². The third-order valence-corrected chi connectivity index (χ3v) is 2.89. The van der Waals surface area contributed by atoms with Crippen LogP contribution in [0.3, 0.4) is 0 Å². The highest BCUT2D eigenvalue weighted by atomic mass is 16.4. The molecule has 1 saturated heterocycles. The second kappa shape index (κ2) is 5.86. The molecule has 1 amide bonds. The van der Waals surface area contributed by atoms with Crippen LogP contribution in [0.5, 0.6) is 0 Å². The highest BCUT2D eigenvalue weighted by molar-refractivity contribution is 5.72. The van der Waals surface area contributed by atoms with E-state index in [0.29, 0.717) is 18.9 Å². The summed E-state index contributed by atoms with van der Waals surface area (Å²) >= 11 is 0. The van der Waals surface area contributed by atoms with Gasteiger partial charge in [-0.25, -0.2) is 4.79 Å². The van der Waals surface area contributed by atoms with E-state index in [2.05, 4.69) is 19.2 Å². The molecule has 2 unspecified atom stereocenters. The fourth-order valence-corrected chi connectivity index (χ4v) is 1.98. The van der Waals surface area contributed by atoms with E-state index in [1.54, 1.807) is 0 Å². The molecule has 0 aromatic carbocycles. The van der Waals surface area contributed by atoms with Crippen molar-refractivity contribution in [3.63, 3.8) is 0 Å². The van der Waals surface area contributed by atoms with E-state index in [-0.39, 0.29) is 12.6 Å². The molecule has 0 bridgehead atoms. The van der Waals surface area contributed by atoms with E-state index in [0.717, 1.165) is 6.54 Å². The quantitative estimate of drug-likeness (QED) is 0.676. The molecule has 1 aliphatic heterocycles. The number of hydrogen-bond donors (Lipinski definition) is 3. The maximum Gasteiger partial charge on any atom is 0.407 e. The molecule has 6 nitrogen and oxygen atoms in total. The standard InChI is InChI=1S/C11H20N2O4/c1-7(2)4-12-9-3-8(10(14)15)5-13(6-9)11(16)17/h7-9,12H,3-6H2,1-2H3,(H,14,15)(H,16,17). The first-order chi connectivity index (χ1) is 7.90. The van der Waals surface area contributed by atoms with Crippen molar-refractivity contribution in [1.82, 2.24) is 10.2 Å². The molecule has 2 atom stereocenters. The maximum atomic E-state index is 11.0. The molecule has 3 N–H and O–H groups in total. The number of aliphatic carboxylic acids is 1. The topological polar surface area (TPSA) is 89.9 Å². The van der Waals surface area contributed by atoms with Crippen LogP contribution in [-0.4, -0.2) is 52.9 Å². The average molecular weight is 244 g/mol. The Morgan fingerprint density at radius 1 is 1.35 bits per heavy atom. The van der Waals surface area contributed by atoms with E-state index in [9.17, 15) is 9.59 Å². The monoisotopic (exact) mass is 244 g/mol. The number of carboxylic acids is 1. The normalized spacial score (nSPS) is 25.0. The van der Waals surface area contributed by atoms with E-state index in [1.807, 2.05) is 0 Å². The van der Waals surface area contributed by atoms with Crippen LogP contribution in [0, 0.1) is 11.8 Å². The Bertz CT molecular complexity index is 271. The van der Waals surface area contributed by atoms with Gasteiger partial charge in [0, 0.05) is 19.1 Å². The first-order valence-electron chi connectivity index (χ1n) is 5.84. The predicted molar refractivity (Wildman–Crippen MR) is 62.0 cm³/mol. The van der Waals surface area contributed by atoms with Crippen molar-refractivity contribution in [1.29, 1.82) is 0 Å². The van der Waals surface area contributed by atoms with Crippen LogP contribution in [0.2, 0.25) is 0 Å². The fourth-order valence-electron chi connectivity index (χ4n) is 1.98. The molecule has 17 heavy (non-hydrogen) atoms. The number of carboxylic acid groups (broad SMARTS) is 2. The molecular weight excluding hydrogens is 224 g/mol. The van der Waals surface area contributed by atoms with Crippen molar-refractivity contribution in [2.24, 2.45) is 11.8 Å². The van der Waals surface area contributed by atoms with Gasteiger partial charge in [-0.15, -0.1) is 0 Å². The summed E-state index contributed by atoms with van der Waals surface area (Å²) in [6.07, 6.45) is -0.557. The third kappa shape index (κ3) is 4.22. The minimum Gasteiger partial charge on any atom is -0.481 e. The second-order valence-electron chi connectivity index (χ2n) is 4.96. The van der Waals surface area contributed by atoms with Gasteiger partial charge >= 0.3 is 12.1 Å². The van der Waals surface area contributed by atoms with Gasteiger partial charge in [0.25, 0.3) is 0 Å². The van der Waals surface area contributed by atoms with Crippen LogP contribution < -0.4 is 5.32 Å². The van der Waals surface area contributed by atoms with Gasteiger partial charge in [-0.3, -0.25) is 4.79 Å². The Kier molecular flexibility index (Phi) is 4.74. The van der Waals surface area contributed by atoms with Crippen molar-refractivity contribution < 1.29 is 19.8 Å². The summed E-state index contributed by atoms with van der Waals surface area (Å²) in [5, 5.41) is 21.1. The molecule has 0 aromatic rings. The molecule has 0 radical (unpaired) electrons. The van der Waals surface area contributed by atoms with E-state index < -0.39 is 18.0 Å². The van der Waals surface area contributed by atoms with Crippen LogP contribution >= 0.6 is 0 Å². The SMILES string of the molecule is CC(C)CNC1CC(C(=O)O)CN(C(=O)O)C1. The zero-order valence-electron chi connectivity index (χ0n) is 10.2. The van der Waals surface area contributed by atoms with Crippen LogP contribution in [-0.2, 0) is 4.79 Å². The lowest BCUT2D eigenvalue weighted by Gasteiger charge is -2.35. The lowest BCUT2D eigenvalue weighted by Crippen LogP contribution is -2.53. The van der Waals surface area contributed by atoms with Crippen molar-refractivity contribution in [2.75, 3.05) is 19.6 Å². The molecule has 98 valence electrons. The van der Waals surface area contributed by atoms with Crippen molar-refractivity contribution in [3.05, 3.63) is 0 Å². The molecule has 1 fully saturated rings. The number of piperidine rings is 1. The summed E-state index contributed by atoms with van der Waals surface area (Å²) < 4.78 is 0. The highest BCUT2D eigenvalue weighted by Crippen LogP contribution is 2.17. The lowest BCUT2D eigenvalue weighted by atomic mass is 9.94. The number of carbonyl (C=O) groups is 2. The van der Waals surface area contributed by atoms with Gasteiger partial charge in [0.1, 0.15) is 0 Å². The van der Waals surface area contributed by atoms with Gasteiger partial charge in [0.15, 0.2) is 0 Å². The fraction of sp³-hybridized carbons (Fsp3) is 0.818. The van der Waals surface area contributed by atoms with Gasteiger partial charge < -0.3 is 20.4 Å². The number of nitrogens with zero attached hydrogens (tertiary/aromatic N) is 1. The smallest absolute Gasteiger partial charge is 0.407 e. The third-order valence-electron chi connectivity index (χ3n) is 2.89. The lowest BCUT2D eigenvalue weighted by molar-refractivity contribution is -0.143. The van der Waals surface area contributed by atoms with Gasteiger partial charge in [0.2, 0.25) is 0 Å². The number of nitrogens with one attached hydrogen (secondary N) is 1. The highest BCUT2D eigenvalue weighted by Gasteiger charge is 2.33. The molecule has 1 aliphatic rings. The molecule has 0 spiro atoms. The van der Waals surface area contributed by atoms with E-state index in [1.165, 1.54) is 4.90 Å². The van der Waals surface area contributed by atoms with Crippen molar-refractivity contribution in [2.45, 2.75) is 26.3 Å². The number of amides is 1. The minimum absolute atomic E-state index is 0.0663. The van der Waals surface area contributed by atoms with E-state index >= 15 is 0 Å². The molecule has 1 rings (SSSR count). The Morgan fingerprint density at radius 2 is 2.00 bits per heavy atom. The molecule has 0 aliphatic carbocycles. The Hall–Kier alpha value is -1.30.